The van der Waals surface area contributed by atoms with Crippen LogP contribution in [0.3, 0.4) is 0 Å². The van der Waals surface area contributed by atoms with Gasteiger partial charge >= 0.3 is 5.97 Å². The Morgan fingerprint density at radius 1 is 1.65 bits per heavy atom. The van der Waals surface area contributed by atoms with Gasteiger partial charge < -0.3 is 14.6 Å². The third-order valence-electron chi connectivity index (χ3n) is 2.73. The Morgan fingerprint density at radius 2 is 2.47 bits per heavy atom. The lowest BCUT2D eigenvalue weighted by Crippen LogP contribution is -2.17. The lowest BCUT2D eigenvalue weighted by atomic mass is 10.2. The molecule has 0 radical (unpaired) electrons. The lowest BCUT2D eigenvalue weighted by Gasteiger charge is -2.11. The van der Waals surface area contributed by atoms with E-state index < -0.39 is 5.97 Å². The third kappa shape index (κ3) is 2.94. The zero-order chi connectivity index (χ0) is 12.3. The Morgan fingerprint density at radius 3 is 3.06 bits per heavy atom. The van der Waals surface area contributed by atoms with E-state index in [-0.39, 0.29) is 11.7 Å². The Kier molecular flexibility index (Phi) is 3.58. The molecule has 17 heavy (non-hydrogen) atoms. The summed E-state index contributed by atoms with van der Waals surface area (Å²) in [4.78, 5) is 14.9. The minimum absolute atomic E-state index is 0.135. The predicted molar refractivity (Wildman–Crippen MR) is 60.4 cm³/mol. The molecule has 1 aliphatic rings. The van der Waals surface area contributed by atoms with Crippen LogP contribution in [0.4, 0.5) is 0 Å². The van der Waals surface area contributed by atoms with Crippen molar-refractivity contribution >= 4 is 5.97 Å². The summed E-state index contributed by atoms with van der Waals surface area (Å²) in [6.07, 6.45) is 2.21. The van der Waals surface area contributed by atoms with Crippen LogP contribution in [0.2, 0.25) is 0 Å². The number of aromatic nitrogens is 1. The number of carboxylic acids is 1. The van der Waals surface area contributed by atoms with Crippen molar-refractivity contribution in [1.82, 2.24) is 4.98 Å². The Labute approximate surface area is 99.4 Å². The summed E-state index contributed by atoms with van der Waals surface area (Å²) < 4.78 is 10.9. The molecule has 1 unspecified atom stereocenters. The molecule has 0 bridgehead atoms. The third-order valence-corrected chi connectivity index (χ3v) is 2.73. The van der Waals surface area contributed by atoms with Gasteiger partial charge in [-0.05, 0) is 25.8 Å². The largest absolute Gasteiger partial charge is 0.478 e. The lowest BCUT2D eigenvalue weighted by molar-refractivity contribution is 0.0658. The van der Waals surface area contributed by atoms with E-state index in [1.807, 2.05) is 0 Å². The van der Waals surface area contributed by atoms with Crippen LogP contribution in [-0.2, 0) is 4.74 Å². The molecule has 5 nitrogen and oxygen atoms in total. The number of hydrogen-bond donors (Lipinski definition) is 1. The molecular formula is C12H15NO4. The summed E-state index contributed by atoms with van der Waals surface area (Å²) in [7, 11) is 0. The highest BCUT2D eigenvalue weighted by Crippen LogP contribution is 2.16. The minimum atomic E-state index is -0.972. The van der Waals surface area contributed by atoms with Gasteiger partial charge in [0.05, 0.1) is 17.4 Å². The maximum absolute atomic E-state index is 10.8. The number of aryl methyl sites for hydroxylation is 1. The fourth-order valence-corrected chi connectivity index (χ4v) is 1.80. The van der Waals surface area contributed by atoms with Crippen molar-refractivity contribution in [2.75, 3.05) is 13.2 Å². The van der Waals surface area contributed by atoms with E-state index in [0.717, 1.165) is 19.4 Å². The molecule has 0 spiro atoms. The number of carboxylic acid groups (broad SMARTS) is 1. The average Bonchev–Trinajstić information content (AvgIpc) is 2.78. The second-order valence-electron chi connectivity index (χ2n) is 4.03. The van der Waals surface area contributed by atoms with Gasteiger partial charge in [-0.1, -0.05) is 0 Å². The smallest absolute Gasteiger partial charge is 0.337 e. The van der Waals surface area contributed by atoms with Gasteiger partial charge in [-0.15, -0.1) is 0 Å². The van der Waals surface area contributed by atoms with Crippen molar-refractivity contribution in [3.63, 3.8) is 0 Å². The highest BCUT2D eigenvalue weighted by Gasteiger charge is 2.16. The minimum Gasteiger partial charge on any atom is -0.478 e. The highest BCUT2D eigenvalue weighted by atomic mass is 16.5. The molecule has 2 rings (SSSR count). The van der Waals surface area contributed by atoms with E-state index in [1.54, 1.807) is 13.0 Å². The van der Waals surface area contributed by atoms with Crippen LogP contribution in [0.5, 0.6) is 5.88 Å². The quantitative estimate of drug-likeness (QED) is 0.862. The molecule has 1 saturated heterocycles. The van der Waals surface area contributed by atoms with Crippen LogP contribution < -0.4 is 4.74 Å². The fourth-order valence-electron chi connectivity index (χ4n) is 1.80. The number of carbonyl (C=O) groups is 1. The Hall–Kier alpha value is -1.62. The summed E-state index contributed by atoms with van der Waals surface area (Å²) in [5, 5.41) is 8.86. The van der Waals surface area contributed by atoms with Crippen LogP contribution in [0.25, 0.3) is 0 Å². The second kappa shape index (κ2) is 5.14. The van der Waals surface area contributed by atoms with Gasteiger partial charge in [0.25, 0.3) is 0 Å². The standard InChI is InChI=1S/C12H15NO4/c1-8-10(12(14)15)4-5-11(13-8)17-7-9-3-2-6-16-9/h4-5,9H,2-3,6-7H2,1H3,(H,14,15). The van der Waals surface area contributed by atoms with Gasteiger partial charge in [-0.2, -0.15) is 0 Å². The van der Waals surface area contributed by atoms with Crippen molar-refractivity contribution in [1.29, 1.82) is 0 Å². The van der Waals surface area contributed by atoms with E-state index in [2.05, 4.69) is 4.98 Å². The maximum atomic E-state index is 10.8. The Bertz CT molecular complexity index is 413. The van der Waals surface area contributed by atoms with Gasteiger partial charge in [0.1, 0.15) is 6.61 Å². The van der Waals surface area contributed by atoms with Crippen LogP contribution in [-0.4, -0.2) is 35.4 Å². The maximum Gasteiger partial charge on any atom is 0.337 e. The molecule has 0 saturated carbocycles. The van der Waals surface area contributed by atoms with Crippen molar-refractivity contribution in [2.45, 2.75) is 25.9 Å². The topological polar surface area (TPSA) is 68.7 Å². The zero-order valence-electron chi connectivity index (χ0n) is 9.68. The first-order valence-electron chi connectivity index (χ1n) is 5.62. The number of rotatable bonds is 4. The van der Waals surface area contributed by atoms with Crippen molar-refractivity contribution in [3.05, 3.63) is 23.4 Å². The molecule has 1 N–H and O–H groups in total. The molecule has 1 aromatic heterocycles. The molecule has 0 aliphatic carbocycles. The molecule has 92 valence electrons. The summed E-state index contributed by atoms with van der Waals surface area (Å²) in [6.45, 7) is 2.92. The molecule has 2 heterocycles. The van der Waals surface area contributed by atoms with Crippen LogP contribution in [0.15, 0.2) is 12.1 Å². The molecular weight excluding hydrogens is 222 g/mol. The fraction of sp³-hybridized carbons (Fsp3) is 0.500. The van der Waals surface area contributed by atoms with E-state index in [0.29, 0.717) is 18.2 Å². The number of hydrogen-bond acceptors (Lipinski definition) is 4. The van der Waals surface area contributed by atoms with E-state index in [9.17, 15) is 4.79 Å². The molecule has 0 aromatic carbocycles. The summed E-state index contributed by atoms with van der Waals surface area (Å²) in [6, 6.07) is 3.08. The first-order valence-corrected chi connectivity index (χ1v) is 5.62. The van der Waals surface area contributed by atoms with Crippen LogP contribution in [0.1, 0.15) is 28.9 Å². The van der Waals surface area contributed by atoms with Crippen molar-refractivity contribution in [3.8, 4) is 5.88 Å². The molecule has 1 aliphatic heterocycles. The van der Waals surface area contributed by atoms with E-state index >= 15 is 0 Å². The normalized spacial score (nSPS) is 19.2. The van der Waals surface area contributed by atoms with Gasteiger partial charge in [-0.3, -0.25) is 0 Å². The highest BCUT2D eigenvalue weighted by molar-refractivity contribution is 5.88. The van der Waals surface area contributed by atoms with Crippen LogP contribution in [0, 0.1) is 6.92 Å². The number of nitrogens with zero attached hydrogens (tertiary/aromatic N) is 1. The molecule has 1 aromatic rings. The molecule has 0 amide bonds. The average molecular weight is 237 g/mol. The Balaban J connectivity index is 1.97. The predicted octanol–water partition coefficient (Wildman–Crippen LogP) is 1.65. The van der Waals surface area contributed by atoms with Crippen molar-refractivity contribution < 1.29 is 19.4 Å². The number of ether oxygens (including phenoxy) is 2. The van der Waals surface area contributed by atoms with Crippen LogP contribution >= 0.6 is 0 Å². The van der Waals surface area contributed by atoms with E-state index in [1.165, 1.54) is 6.07 Å². The first kappa shape index (κ1) is 11.9. The van der Waals surface area contributed by atoms with Crippen molar-refractivity contribution in [2.24, 2.45) is 0 Å². The molecule has 5 heteroatoms. The van der Waals surface area contributed by atoms with Gasteiger partial charge in [0.15, 0.2) is 0 Å². The van der Waals surface area contributed by atoms with Gasteiger partial charge in [0.2, 0.25) is 5.88 Å². The second-order valence-corrected chi connectivity index (χ2v) is 4.03. The number of aromatic carboxylic acids is 1. The summed E-state index contributed by atoms with van der Waals surface area (Å²) in [5.41, 5.74) is 0.664. The SMILES string of the molecule is Cc1nc(OCC2CCCO2)ccc1C(=O)O. The van der Waals surface area contributed by atoms with E-state index in [4.69, 9.17) is 14.6 Å². The van der Waals surface area contributed by atoms with Gasteiger partial charge in [-0.25, -0.2) is 9.78 Å². The molecule has 1 atom stereocenters. The summed E-state index contributed by atoms with van der Waals surface area (Å²) >= 11 is 0. The number of pyridine rings is 1. The molecule has 1 fully saturated rings. The zero-order valence-corrected chi connectivity index (χ0v) is 9.68. The summed E-state index contributed by atoms with van der Waals surface area (Å²) in [5.74, 6) is -0.524. The van der Waals surface area contributed by atoms with Gasteiger partial charge in [0, 0.05) is 12.7 Å². The first-order chi connectivity index (χ1) is 8.16. The monoisotopic (exact) mass is 237 g/mol.